The number of rotatable bonds is 14. The fourth-order valence-electron chi connectivity index (χ4n) is 2.73. The van der Waals surface area contributed by atoms with Crippen LogP contribution in [0.5, 0.6) is 0 Å². The minimum atomic E-state index is -4.94. The monoisotopic (exact) mass is 604 g/mol. The summed E-state index contributed by atoms with van der Waals surface area (Å²) in [6.07, 6.45) is 0. The van der Waals surface area contributed by atoms with Gasteiger partial charge in [0, 0.05) is 26.2 Å². The molecule has 3 N–H and O–H groups in total. The maximum atomic E-state index is 8.49. The Bertz CT molecular complexity index is 269. The molecule has 0 saturated carbocycles. The van der Waals surface area contributed by atoms with Crippen molar-refractivity contribution in [3.05, 3.63) is 0 Å². The predicted molar refractivity (Wildman–Crippen MR) is 117 cm³/mol. The molecule has 0 atom stereocenters. The van der Waals surface area contributed by atoms with Crippen molar-refractivity contribution in [1.29, 1.82) is 0 Å². The Hall–Kier alpha value is 0.929. The molecule has 0 rings (SSSR count). The molecule has 33 heavy (non-hydrogen) atoms. The first-order valence-corrected chi connectivity index (χ1v) is 12.3. The van der Waals surface area contributed by atoms with Crippen molar-refractivity contribution in [3.63, 3.8) is 0 Å². The molecule has 0 saturated heterocycles. The molecule has 0 aliphatic carbocycles. The van der Waals surface area contributed by atoms with E-state index < -0.39 is 10.2 Å². The van der Waals surface area contributed by atoms with Crippen LogP contribution in [0.25, 0.3) is 0 Å². The zero-order valence-corrected chi connectivity index (χ0v) is 24.5. The summed E-state index contributed by atoms with van der Waals surface area (Å²) in [5.74, 6) is 0. The molecule has 0 heterocycles. The third-order valence-corrected chi connectivity index (χ3v) is 5.04. The van der Waals surface area contributed by atoms with Crippen molar-refractivity contribution in [3.8, 4) is 0 Å². The molecule has 2 radical (unpaired) electrons. The molecule has 0 spiro atoms. The summed E-state index contributed by atoms with van der Waals surface area (Å²) in [5.41, 5.74) is 0. The average Bonchev–Trinajstić information content (AvgIpc) is 2.68. The number of nitrogens with zero attached hydrogens (tertiary/aromatic N) is 4. The maximum Gasteiger partial charge on any atom is 2.00 e. The molecule has 0 aromatic heterocycles. The molecule has 10 nitrogen and oxygen atoms in total. The van der Waals surface area contributed by atoms with Gasteiger partial charge in [0.25, 0.3) is 0 Å². The Balaban J connectivity index is -0.0000000619. The third-order valence-electron chi connectivity index (χ3n) is 5.04. The van der Waals surface area contributed by atoms with Crippen LogP contribution in [0.3, 0.4) is 0 Å². The Labute approximate surface area is 227 Å². The van der Waals surface area contributed by atoms with Gasteiger partial charge in [-0.15, -0.1) is 10.2 Å². The van der Waals surface area contributed by atoms with Gasteiger partial charge in [-0.25, -0.2) is 18.6 Å². The topological polar surface area (TPSA) is 167 Å². The first-order valence-electron chi connectivity index (χ1n) is 11.1. The van der Waals surface area contributed by atoms with Crippen molar-refractivity contribution in [2.24, 2.45) is 0 Å². The van der Waals surface area contributed by atoms with Gasteiger partial charge in [-0.3, -0.25) is 0 Å². The standard InChI is InChI=1S/2C10H24N2.ClHO4.2Cu.2H2O/c2*1-5-11(6-2)9-10-12(7-3)8-4;2-1(3,4)5;;;;/h2*5-10H2,1-4H3;(H,2,3,4,5);;;2*1H2/q;;;2*+2;;/p-2. The summed E-state index contributed by atoms with van der Waals surface area (Å²) in [4.78, 5) is 9.88. The summed E-state index contributed by atoms with van der Waals surface area (Å²) in [6, 6.07) is 0. The van der Waals surface area contributed by atoms with Crippen LogP contribution in [0.15, 0.2) is 0 Å². The van der Waals surface area contributed by atoms with Gasteiger partial charge in [0.05, 0.1) is 0 Å². The van der Waals surface area contributed by atoms with Crippen LogP contribution in [0.1, 0.15) is 55.4 Å². The fourth-order valence-corrected chi connectivity index (χ4v) is 2.73. The van der Waals surface area contributed by atoms with E-state index in [-0.39, 0.29) is 45.1 Å². The van der Waals surface area contributed by atoms with E-state index in [4.69, 9.17) is 18.6 Å². The minimum absolute atomic E-state index is 0. The van der Waals surface area contributed by atoms with E-state index in [0.717, 1.165) is 0 Å². The molecule has 0 aromatic carbocycles. The van der Waals surface area contributed by atoms with Gasteiger partial charge >= 0.3 is 34.1 Å². The van der Waals surface area contributed by atoms with E-state index in [1.807, 2.05) is 0 Å². The van der Waals surface area contributed by atoms with Crippen LogP contribution in [0.4, 0.5) is 0 Å². The Morgan fingerprint density at radius 3 is 0.576 bits per heavy atom. The number of hydrogen-bond acceptors (Lipinski definition) is 9. The summed E-state index contributed by atoms with van der Waals surface area (Å²) in [5, 5.41) is 0. The fraction of sp³-hybridized carbons (Fsp3) is 1.00. The molecule has 0 amide bonds. The molecule has 0 fully saturated rings. The van der Waals surface area contributed by atoms with Crippen LogP contribution in [-0.4, -0.2) is 109 Å². The molecule has 13 heteroatoms. The van der Waals surface area contributed by atoms with Gasteiger partial charge in [-0.1, -0.05) is 55.4 Å². The normalized spacial score (nSPS) is 10.2. The van der Waals surface area contributed by atoms with Crippen LogP contribution >= 0.6 is 0 Å². The number of hydrogen-bond donors (Lipinski definition) is 0. The molecule has 0 unspecified atom stereocenters. The van der Waals surface area contributed by atoms with Crippen LogP contribution < -0.4 is 18.6 Å². The van der Waals surface area contributed by atoms with Gasteiger partial charge < -0.3 is 30.6 Å². The molecule has 214 valence electrons. The van der Waals surface area contributed by atoms with E-state index in [0.29, 0.717) is 0 Å². The van der Waals surface area contributed by atoms with Crippen molar-refractivity contribution in [1.82, 2.24) is 19.6 Å². The van der Waals surface area contributed by atoms with Crippen molar-refractivity contribution >= 4 is 0 Å². The van der Waals surface area contributed by atoms with Crippen molar-refractivity contribution < 1.29 is 74.0 Å². The second-order valence-electron chi connectivity index (χ2n) is 6.49. The summed E-state index contributed by atoms with van der Waals surface area (Å²) < 4.78 is 34.0. The molecular weight excluding hydrogens is 555 g/mol. The summed E-state index contributed by atoms with van der Waals surface area (Å²) in [6.45, 7) is 32.1. The number of likely N-dealkylation sites (N-methyl/N-ethyl adjacent to an activating group) is 4. The Morgan fingerprint density at radius 2 is 0.515 bits per heavy atom. The first-order chi connectivity index (χ1) is 13.6. The Morgan fingerprint density at radius 1 is 0.424 bits per heavy atom. The van der Waals surface area contributed by atoms with E-state index >= 15 is 0 Å². The van der Waals surface area contributed by atoms with Crippen molar-refractivity contribution in [2.75, 3.05) is 78.5 Å². The summed E-state index contributed by atoms with van der Waals surface area (Å²) in [7, 11) is -4.94. The smallest absolute Gasteiger partial charge is 0.870 e. The van der Waals surface area contributed by atoms with Gasteiger partial charge in [0.2, 0.25) is 0 Å². The van der Waals surface area contributed by atoms with E-state index in [9.17, 15) is 0 Å². The van der Waals surface area contributed by atoms with Gasteiger partial charge in [-0.2, -0.15) is 0 Å². The SMILES string of the molecule is CCN(CC)CCN(CC)CC.CCN(CC)CCN(CC)CC.O.[Cu+2].[Cu+2].[O-][Cl+3]([O-])([O-])[O-].[OH-]. The Kier molecular flexibility index (Phi) is 53.9. The zero-order chi connectivity index (χ0) is 23.3. The number of halogens is 1. The molecular formula is C20H51ClCu2N4O6+2. The quantitative estimate of drug-likeness (QED) is 0.196. The third kappa shape index (κ3) is 43.4. The van der Waals surface area contributed by atoms with E-state index in [1.165, 1.54) is 78.5 Å². The van der Waals surface area contributed by atoms with Gasteiger partial charge in [-0.05, 0) is 52.4 Å². The van der Waals surface area contributed by atoms with Crippen molar-refractivity contribution in [2.45, 2.75) is 55.4 Å². The van der Waals surface area contributed by atoms with Gasteiger partial charge in [0.1, 0.15) is 0 Å². The average molecular weight is 606 g/mol. The van der Waals surface area contributed by atoms with Crippen LogP contribution in [0, 0.1) is 10.2 Å². The molecule has 0 aliphatic heterocycles. The maximum absolute atomic E-state index is 8.49. The largest absolute Gasteiger partial charge is 2.00 e. The molecule has 0 aliphatic rings. The first kappa shape index (κ1) is 50.7. The molecule has 0 bridgehead atoms. The predicted octanol–water partition coefficient (Wildman–Crippen LogP) is -2.42. The molecule has 0 aromatic rings. The van der Waals surface area contributed by atoms with E-state index in [1.54, 1.807) is 0 Å². The minimum Gasteiger partial charge on any atom is -0.870 e. The van der Waals surface area contributed by atoms with Gasteiger partial charge in [0.15, 0.2) is 0 Å². The van der Waals surface area contributed by atoms with Crippen LogP contribution in [0.2, 0.25) is 0 Å². The summed E-state index contributed by atoms with van der Waals surface area (Å²) >= 11 is 0. The second-order valence-corrected chi connectivity index (χ2v) is 7.24. The zero-order valence-electron chi connectivity index (χ0n) is 21.8. The van der Waals surface area contributed by atoms with Crippen LogP contribution in [-0.2, 0) is 34.1 Å². The second kappa shape index (κ2) is 35.1. The van der Waals surface area contributed by atoms with E-state index in [2.05, 4.69) is 75.0 Å².